The first kappa shape index (κ1) is 18.3. The van der Waals surface area contributed by atoms with Crippen molar-refractivity contribution in [2.24, 2.45) is 5.92 Å². The van der Waals surface area contributed by atoms with Gasteiger partial charge < -0.3 is 9.47 Å². The Balaban J connectivity index is 2.27. The molecule has 0 N–H and O–H groups in total. The van der Waals surface area contributed by atoms with Crippen molar-refractivity contribution >= 4 is 34.2 Å². The summed E-state index contributed by atoms with van der Waals surface area (Å²) in [6, 6.07) is 7.62. The molecule has 0 aliphatic heterocycles. The molecule has 0 atom stereocenters. The van der Waals surface area contributed by atoms with Crippen molar-refractivity contribution < 1.29 is 9.47 Å². The van der Waals surface area contributed by atoms with Crippen LogP contribution in [0.4, 0.5) is 0 Å². The minimum atomic E-state index is 0.410. The summed E-state index contributed by atoms with van der Waals surface area (Å²) in [7, 11) is 1.62. The van der Waals surface area contributed by atoms with E-state index in [0.29, 0.717) is 33.7 Å². The number of aromatic nitrogens is 2. The fourth-order valence-electron chi connectivity index (χ4n) is 2.13. The lowest BCUT2D eigenvalue weighted by molar-refractivity contribution is 0.282. The second kappa shape index (κ2) is 8.68. The zero-order chi connectivity index (χ0) is 16.8. The van der Waals surface area contributed by atoms with Gasteiger partial charge in [-0.25, -0.2) is 9.97 Å². The number of methoxy groups -OCH3 is 1. The maximum absolute atomic E-state index is 6.01. The number of nitrogens with zero attached hydrogens (tertiary/aromatic N) is 2. The Morgan fingerprint density at radius 3 is 2.52 bits per heavy atom. The minimum Gasteiger partial charge on any atom is -0.480 e. The molecular weight excluding hydrogens is 427 g/mol. The lowest BCUT2D eigenvalue weighted by Gasteiger charge is -2.14. The maximum Gasteiger partial charge on any atom is 0.236 e. The summed E-state index contributed by atoms with van der Waals surface area (Å²) in [5, 5.41) is 0.697. The Bertz CT molecular complexity index is 665. The van der Waals surface area contributed by atoms with Crippen molar-refractivity contribution in [3.05, 3.63) is 46.2 Å². The van der Waals surface area contributed by atoms with Crippen molar-refractivity contribution in [1.82, 2.24) is 9.97 Å². The van der Waals surface area contributed by atoms with Crippen LogP contribution >= 0.6 is 34.2 Å². The Labute approximate surface area is 155 Å². The summed E-state index contributed by atoms with van der Waals surface area (Å²) in [6.07, 6.45) is 0.787. The molecule has 0 saturated carbocycles. The molecule has 124 valence electrons. The van der Waals surface area contributed by atoms with Gasteiger partial charge >= 0.3 is 0 Å². The lowest BCUT2D eigenvalue weighted by Crippen LogP contribution is -2.09. The molecule has 1 aromatic heterocycles. The number of alkyl halides is 1. The van der Waals surface area contributed by atoms with Crippen LogP contribution in [-0.4, -0.2) is 17.1 Å². The second-order valence-electron chi connectivity index (χ2n) is 5.58. The van der Waals surface area contributed by atoms with Crippen LogP contribution in [0.25, 0.3) is 0 Å². The van der Waals surface area contributed by atoms with Gasteiger partial charge in [-0.1, -0.05) is 60.2 Å². The Kier molecular flexibility index (Phi) is 6.89. The molecule has 1 heterocycles. The Morgan fingerprint density at radius 2 is 1.91 bits per heavy atom. The predicted molar refractivity (Wildman–Crippen MR) is 101 cm³/mol. The quantitative estimate of drug-likeness (QED) is 0.450. The number of hydrogen-bond donors (Lipinski definition) is 0. The van der Waals surface area contributed by atoms with Gasteiger partial charge in [0.2, 0.25) is 11.8 Å². The highest BCUT2D eigenvalue weighted by atomic mass is 127. The first-order chi connectivity index (χ1) is 11.0. The topological polar surface area (TPSA) is 44.2 Å². The molecule has 0 saturated heterocycles. The van der Waals surface area contributed by atoms with Crippen LogP contribution in [0, 0.1) is 5.92 Å². The summed E-state index contributed by atoms with van der Waals surface area (Å²) in [5.41, 5.74) is 2.62. The molecular formula is C17H20ClIN2O2. The van der Waals surface area contributed by atoms with E-state index < -0.39 is 0 Å². The fourth-order valence-corrected chi connectivity index (χ4v) is 2.84. The highest BCUT2D eigenvalue weighted by Gasteiger charge is 2.16. The van der Waals surface area contributed by atoms with E-state index in [4.69, 9.17) is 21.1 Å². The number of halogens is 2. The van der Waals surface area contributed by atoms with E-state index in [2.05, 4.69) is 46.4 Å². The molecule has 0 fully saturated rings. The fraction of sp³-hybridized carbons (Fsp3) is 0.412. The summed E-state index contributed by atoms with van der Waals surface area (Å²) in [6.45, 7) is 4.69. The number of rotatable bonds is 7. The predicted octanol–water partition coefficient (Wildman–Crippen LogP) is 4.85. The monoisotopic (exact) mass is 446 g/mol. The number of hydrogen-bond acceptors (Lipinski definition) is 4. The normalized spacial score (nSPS) is 10.9. The van der Waals surface area contributed by atoms with Crippen molar-refractivity contribution in [3.63, 3.8) is 0 Å². The van der Waals surface area contributed by atoms with Crippen LogP contribution < -0.4 is 9.47 Å². The molecule has 1 aromatic carbocycles. The number of benzene rings is 1. The molecule has 0 aliphatic carbocycles. The SMILES string of the molecule is COc1nc(CC(C)C)c(OCc2cccc(Cl)c2)nc1CI. The van der Waals surface area contributed by atoms with Crippen LogP contribution in [0.1, 0.15) is 30.8 Å². The van der Waals surface area contributed by atoms with Crippen molar-refractivity contribution in [3.8, 4) is 11.8 Å². The summed E-state index contributed by atoms with van der Waals surface area (Å²) < 4.78 is 12.0. The molecule has 0 unspecified atom stereocenters. The third-order valence-electron chi connectivity index (χ3n) is 3.15. The zero-order valence-electron chi connectivity index (χ0n) is 13.5. The first-order valence-electron chi connectivity index (χ1n) is 7.40. The number of ether oxygens (including phenoxy) is 2. The van der Waals surface area contributed by atoms with Crippen LogP contribution in [0.5, 0.6) is 11.8 Å². The van der Waals surface area contributed by atoms with Gasteiger partial charge in [-0.2, -0.15) is 0 Å². The van der Waals surface area contributed by atoms with Crippen molar-refractivity contribution in [1.29, 1.82) is 0 Å². The third kappa shape index (κ3) is 5.21. The summed E-state index contributed by atoms with van der Waals surface area (Å²) >= 11 is 8.26. The van der Waals surface area contributed by atoms with E-state index in [0.717, 1.165) is 23.4 Å². The molecule has 0 radical (unpaired) electrons. The van der Waals surface area contributed by atoms with Crippen LogP contribution in [0.15, 0.2) is 24.3 Å². The van der Waals surface area contributed by atoms with Gasteiger partial charge in [0.25, 0.3) is 0 Å². The molecule has 4 nitrogen and oxygen atoms in total. The van der Waals surface area contributed by atoms with Crippen LogP contribution in [0.3, 0.4) is 0 Å². The minimum absolute atomic E-state index is 0.410. The van der Waals surface area contributed by atoms with E-state index in [1.54, 1.807) is 7.11 Å². The largest absolute Gasteiger partial charge is 0.480 e. The highest BCUT2D eigenvalue weighted by molar-refractivity contribution is 14.1. The zero-order valence-corrected chi connectivity index (χ0v) is 16.4. The van der Waals surface area contributed by atoms with Gasteiger partial charge in [-0.3, -0.25) is 0 Å². The average Bonchev–Trinajstić information content (AvgIpc) is 2.52. The highest BCUT2D eigenvalue weighted by Crippen LogP contribution is 2.26. The smallest absolute Gasteiger partial charge is 0.236 e. The molecule has 6 heteroatoms. The van der Waals surface area contributed by atoms with Gasteiger partial charge in [-0.15, -0.1) is 0 Å². The van der Waals surface area contributed by atoms with Gasteiger partial charge in [0, 0.05) is 9.45 Å². The van der Waals surface area contributed by atoms with E-state index in [9.17, 15) is 0 Å². The van der Waals surface area contributed by atoms with Gasteiger partial charge in [0.1, 0.15) is 18.0 Å². The molecule has 0 spiro atoms. The summed E-state index contributed by atoms with van der Waals surface area (Å²) in [4.78, 5) is 9.19. The molecule has 2 rings (SSSR count). The maximum atomic E-state index is 6.01. The lowest BCUT2D eigenvalue weighted by atomic mass is 10.1. The molecule has 2 aromatic rings. The third-order valence-corrected chi connectivity index (χ3v) is 4.11. The summed E-state index contributed by atoms with van der Waals surface area (Å²) in [5.74, 6) is 1.60. The molecule has 0 bridgehead atoms. The van der Waals surface area contributed by atoms with Gasteiger partial charge in [0.15, 0.2) is 0 Å². The Hall–Kier alpha value is -1.08. The molecule has 0 amide bonds. The molecule has 0 aliphatic rings. The van der Waals surface area contributed by atoms with E-state index in [-0.39, 0.29) is 0 Å². The van der Waals surface area contributed by atoms with Gasteiger partial charge in [0.05, 0.1) is 7.11 Å². The van der Waals surface area contributed by atoms with E-state index in [1.807, 2.05) is 24.3 Å². The van der Waals surface area contributed by atoms with Crippen LogP contribution in [0.2, 0.25) is 5.02 Å². The molecule has 23 heavy (non-hydrogen) atoms. The first-order valence-corrected chi connectivity index (χ1v) is 9.30. The van der Waals surface area contributed by atoms with Crippen molar-refractivity contribution in [2.45, 2.75) is 31.3 Å². The van der Waals surface area contributed by atoms with Crippen molar-refractivity contribution in [2.75, 3.05) is 7.11 Å². The van der Waals surface area contributed by atoms with E-state index >= 15 is 0 Å². The standard InChI is InChI=1S/C17H20ClIN2O2/c1-11(2)7-14-17(21-15(9-19)16(20-14)22-3)23-10-12-5-4-6-13(18)8-12/h4-6,8,11H,7,9-10H2,1-3H3. The Morgan fingerprint density at radius 1 is 1.17 bits per heavy atom. The van der Waals surface area contributed by atoms with Crippen LogP contribution in [-0.2, 0) is 17.5 Å². The van der Waals surface area contributed by atoms with E-state index in [1.165, 1.54) is 0 Å². The van der Waals surface area contributed by atoms with Gasteiger partial charge in [-0.05, 0) is 30.0 Å². The average molecular weight is 447 g/mol. The second-order valence-corrected chi connectivity index (χ2v) is 6.78.